The molecule has 0 aliphatic carbocycles. The zero-order valence-corrected chi connectivity index (χ0v) is 16.4. The number of anilines is 1. The Bertz CT molecular complexity index is 1020. The number of nitriles is 1. The predicted octanol–water partition coefficient (Wildman–Crippen LogP) is 2.59. The van der Waals surface area contributed by atoms with Crippen LogP contribution in [0, 0.1) is 39.0 Å². The summed E-state index contributed by atoms with van der Waals surface area (Å²) >= 11 is 0. The molecule has 7 nitrogen and oxygen atoms in total. The number of esters is 1. The highest BCUT2D eigenvalue weighted by molar-refractivity contribution is 5.93. The molecule has 0 aliphatic heterocycles. The Hall–Kier alpha value is -3.40. The fourth-order valence-corrected chi connectivity index (χ4v) is 2.94. The molecule has 1 heterocycles. The lowest BCUT2D eigenvalue weighted by molar-refractivity contribution is -0.147. The fraction of sp³-hybridized carbons (Fsp3) is 0.333. The van der Waals surface area contributed by atoms with Gasteiger partial charge < -0.3 is 15.0 Å². The Morgan fingerprint density at radius 1 is 1.18 bits per heavy atom. The number of hydrogen-bond acceptors (Lipinski definition) is 5. The first kappa shape index (κ1) is 20.9. The summed E-state index contributed by atoms with van der Waals surface area (Å²) in [5.74, 6) is -0.940. The Kier molecular flexibility index (Phi) is 6.72. The average molecular weight is 381 g/mol. The van der Waals surface area contributed by atoms with Crippen molar-refractivity contribution in [3.05, 3.63) is 62.1 Å². The maximum atomic E-state index is 12.0. The molecule has 0 aliphatic rings. The third-order valence-electron chi connectivity index (χ3n) is 4.74. The molecule has 2 rings (SSSR count). The number of rotatable bonds is 6. The molecule has 0 radical (unpaired) electrons. The van der Waals surface area contributed by atoms with E-state index in [9.17, 15) is 14.4 Å². The van der Waals surface area contributed by atoms with Crippen molar-refractivity contribution in [2.45, 2.75) is 40.5 Å². The van der Waals surface area contributed by atoms with Crippen molar-refractivity contribution in [1.82, 2.24) is 4.98 Å². The van der Waals surface area contributed by atoms with Crippen molar-refractivity contribution in [3.8, 4) is 6.07 Å². The molecule has 2 N–H and O–H groups in total. The van der Waals surface area contributed by atoms with Gasteiger partial charge in [0.25, 0.3) is 11.5 Å². The van der Waals surface area contributed by atoms with E-state index in [1.807, 2.05) is 32.0 Å². The molecular weight excluding hydrogens is 358 g/mol. The number of ether oxygens (including phenoxy) is 1. The predicted molar refractivity (Wildman–Crippen MR) is 105 cm³/mol. The molecule has 0 spiro atoms. The quantitative estimate of drug-likeness (QED) is 0.747. The number of H-pyrrole nitrogens is 1. The summed E-state index contributed by atoms with van der Waals surface area (Å²) in [4.78, 5) is 38.4. The molecule has 0 fully saturated rings. The van der Waals surface area contributed by atoms with Gasteiger partial charge in [-0.05, 0) is 62.4 Å². The zero-order chi connectivity index (χ0) is 20.8. The molecular formula is C21H23N3O4. The van der Waals surface area contributed by atoms with Crippen LogP contribution in [-0.4, -0.2) is 23.5 Å². The zero-order valence-electron chi connectivity index (χ0n) is 16.4. The van der Waals surface area contributed by atoms with Crippen LogP contribution in [0.4, 0.5) is 5.69 Å². The second kappa shape index (κ2) is 9.00. The van der Waals surface area contributed by atoms with Crippen LogP contribution >= 0.6 is 0 Å². The van der Waals surface area contributed by atoms with E-state index in [0.29, 0.717) is 23.4 Å². The minimum Gasteiger partial charge on any atom is -0.456 e. The number of hydrogen-bond donors (Lipinski definition) is 2. The normalized spacial score (nSPS) is 10.2. The molecule has 1 amide bonds. The smallest absolute Gasteiger partial charge is 0.306 e. The molecule has 0 saturated carbocycles. The molecule has 0 unspecified atom stereocenters. The number of benzene rings is 1. The number of nitrogens with one attached hydrogen (secondary N) is 2. The van der Waals surface area contributed by atoms with E-state index >= 15 is 0 Å². The number of aromatic nitrogens is 1. The van der Waals surface area contributed by atoms with E-state index < -0.39 is 17.4 Å². The van der Waals surface area contributed by atoms with Crippen molar-refractivity contribution in [2.24, 2.45) is 0 Å². The second-order valence-electron chi connectivity index (χ2n) is 6.63. The molecule has 28 heavy (non-hydrogen) atoms. The molecule has 7 heteroatoms. The monoisotopic (exact) mass is 381 g/mol. The standard InChI is InChI=1S/C21H23N3O4/c1-12-6-5-7-18(13(12)2)24-19(25)11-28-20(26)9-8-16-14(3)17(10-22)21(27)23-15(16)4/h5-7H,8-9,11H2,1-4H3,(H,23,27)(H,24,25). The van der Waals surface area contributed by atoms with Crippen LogP contribution < -0.4 is 10.9 Å². The van der Waals surface area contributed by atoms with Crippen LogP contribution in [-0.2, 0) is 20.7 Å². The lowest BCUT2D eigenvalue weighted by Crippen LogP contribution is -2.22. The minimum absolute atomic E-state index is 0.0370. The lowest BCUT2D eigenvalue weighted by atomic mass is 9.99. The third-order valence-corrected chi connectivity index (χ3v) is 4.74. The maximum absolute atomic E-state index is 12.0. The van der Waals surface area contributed by atoms with Gasteiger partial charge in [0.1, 0.15) is 11.6 Å². The largest absolute Gasteiger partial charge is 0.456 e. The first-order chi connectivity index (χ1) is 13.2. The van der Waals surface area contributed by atoms with Crippen LogP contribution in [0.1, 0.15) is 39.9 Å². The van der Waals surface area contributed by atoms with Gasteiger partial charge >= 0.3 is 5.97 Å². The number of pyridine rings is 1. The Balaban J connectivity index is 1.92. The van der Waals surface area contributed by atoms with E-state index in [0.717, 1.165) is 16.7 Å². The minimum atomic E-state index is -0.528. The number of aryl methyl sites for hydroxylation is 2. The number of nitrogens with zero attached hydrogens (tertiary/aromatic N) is 1. The molecule has 146 valence electrons. The molecule has 0 bridgehead atoms. The van der Waals surface area contributed by atoms with Crippen molar-refractivity contribution in [1.29, 1.82) is 5.26 Å². The third kappa shape index (κ3) is 4.86. The van der Waals surface area contributed by atoms with E-state index in [4.69, 9.17) is 10.00 Å². The maximum Gasteiger partial charge on any atom is 0.306 e. The lowest BCUT2D eigenvalue weighted by Gasteiger charge is -2.12. The number of amides is 1. The second-order valence-corrected chi connectivity index (χ2v) is 6.63. The van der Waals surface area contributed by atoms with Crippen LogP contribution in [0.15, 0.2) is 23.0 Å². The fourth-order valence-electron chi connectivity index (χ4n) is 2.94. The molecule has 1 aromatic carbocycles. The van der Waals surface area contributed by atoms with Crippen molar-refractivity contribution in [3.63, 3.8) is 0 Å². The molecule has 2 aromatic rings. The summed E-state index contributed by atoms with van der Waals surface area (Å²) in [5, 5.41) is 11.8. The van der Waals surface area contributed by atoms with Crippen LogP contribution in [0.3, 0.4) is 0 Å². The number of aromatic amines is 1. The van der Waals surface area contributed by atoms with E-state index in [1.54, 1.807) is 19.9 Å². The highest BCUT2D eigenvalue weighted by Crippen LogP contribution is 2.18. The van der Waals surface area contributed by atoms with Gasteiger partial charge in [-0.25, -0.2) is 0 Å². The summed E-state index contributed by atoms with van der Waals surface area (Å²) in [5.41, 5.74) is 4.20. The number of carbonyl (C=O) groups excluding carboxylic acids is 2. The van der Waals surface area contributed by atoms with Gasteiger partial charge in [-0.15, -0.1) is 0 Å². The Labute approximate surface area is 163 Å². The highest BCUT2D eigenvalue weighted by Gasteiger charge is 2.15. The highest BCUT2D eigenvalue weighted by atomic mass is 16.5. The van der Waals surface area contributed by atoms with Gasteiger partial charge in [-0.1, -0.05) is 12.1 Å². The Morgan fingerprint density at radius 2 is 1.89 bits per heavy atom. The van der Waals surface area contributed by atoms with Gasteiger partial charge in [0.15, 0.2) is 6.61 Å². The van der Waals surface area contributed by atoms with E-state index in [2.05, 4.69) is 10.3 Å². The number of carbonyl (C=O) groups is 2. The first-order valence-electron chi connectivity index (χ1n) is 8.88. The summed E-state index contributed by atoms with van der Waals surface area (Å²) in [6.07, 6.45) is 0.343. The van der Waals surface area contributed by atoms with Gasteiger partial charge in [-0.2, -0.15) is 5.26 Å². The van der Waals surface area contributed by atoms with Crippen molar-refractivity contribution < 1.29 is 14.3 Å². The van der Waals surface area contributed by atoms with Crippen LogP contribution in [0.5, 0.6) is 0 Å². The van der Waals surface area contributed by atoms with E-state index in [-0.39, 0.29) is 18.6 Å². The summed E-state index contributed by atoms with van der Waals surface area (Å²) in [7, 11) is 0. The van der Waals surface area contributed by atoms with Gasteiger partial charge in [0, 0.05) is 17.8 Å². The van der Waals surface area contributed by atoms with Crippen molar-refractivity contribution in [2.75, 3.05) is 11.9 Å². The SMILES string of the molecule is Cc1cccc(NC(=O)COC(=O)CCc2c(C)[nH]c(=O)c(C#N)c2C)c1C. The summed E-state index contributed by atoms with van der Waals surface area (Å²) in [6, 6.07) is 7.46. The van der Waals surface area contributed by atoms with E-state index in [1.165, 1.54) is 0 Å². The van der Waals surface area contributed by atoms with Gasteiger partial charge in [-0.3, -0.25) is 14.4 Å². The van der Waals surface area contributed by atoms with Gasteiger partial charge in [0.2, 0.25) is 0 Å². The molecule has 0 atom stereocenters. The summed E-state index contributed by atoms with van der Waals surface area (Å²) in [6.45, 7) is 6.87. The first-order valence-corrected chi connectivity index (χ1v) is 8.88. The summed E-state index contributed by atoms with van der Waals surface area (Å²) < 4.78 is 5.04. The van der Waals surface area contributed by atoms with Gasteiger partial charge in [0.05, 0.1) is 0 Å². The molecule has 0 saturated heterocycles. The average Bonchev–Trinajstić information content (AvgIpc) is 2.63. The van der Waals surface area contributed by atoms with Crippen molar-refractivity contribution >= 4 is 17.6 Å². The topological polar surface area (TPSA) is 112 Å². The van der Waals surface area contributed by atoms with Crippen LogP contribution in [0.2, 0.25) is 0 Å². The van der Waals surface area contributed by atoms with Crippen LogP contribution in [0.25, 0.3) is 0 Å². The molecule has 1 aromatic heterocycles. The Morgan fingerprint density at radius 3 is 2.57 bits per heavy atom.